The summed E-state index contributed by atoms with van der Waals surface area (Å²) in [6.45, 7) is 3.75. The number of rotatable bonds is 3. The minimum atomic E-state index is -0.581. The van der Waals surface area contributed by atoms with Crippen LogP contribution in [0.3, 0.4) is 0 Å². The Bertz CT molecular complexity index is 836. The normalized spacial score (nSPS) is 17.2. The number of nitrogens with zero attached hydrogens (tertiary/aromatic N) is 3. The molecule has 1 fully saturated rings. The maximum absolute atomic E-state index is 12.8. The summed E-state index contributed by atoms with van der Waals surface area (Å²) in [5.41, 5.74) is 1.73. The lowest BCUT2D eigenvalue weighted by Crippen LogP contribution is -2.22. The predicted molar refractivity (Wildman–Crippen MR) is 94.9 cm³/mol. The van der Waals surface area contributed by atoms with Crippen LogP contribution in [-0.2, 0) is 9.47 Å². The van der Waals surface area contributed by atoms with Crippen LogP contribution in [0.1, 0.15) is 35.6 Å². The molecule has 2 aromatic heterocycles. The zero-order chi connectivity index (χ0) is 18.1. The second kappa shape index (κ2) is 6.89. The van der Waals surface area contributed by atoms with Crippen LogP contribution in [0.2, 0.25) is 0 Å². The first kappa shape index (κ1) is 16.7. The molecule has 8 nitrogen and oxygen atoms in total. The highest BCUT2D eigenvalue weighted by molar-refractivity contribution is 6.11. The van der Waals surface area contributed by atoms with Gasteiger partial charge < -0.3 is 24.4 Å². The van der Waals surface area contributed by atoms with Gasteiger partial charge in [0.1, 0.15) is 5.82 Å². The van der Waals surface area contributed by atoms with Gasteiger partial charge >= 0.3 is 0 Å². The summed E-state index contributed by atoms with van der Waals surface area (Å²) in [4.78, 5) is 23.7. The highest BCUT2D eigenvalue weighted by Crippen LogP contribution is 2.42. The Morgan fingerprint density at radius 3 is 2.88 bits per heavy atom. The van der Waals surface area contributed by atoms with Crippen molar-refractivity contribution in [3.63, 3.8) is 0 Å². The molecule has 136 valence electrons. The minimum Gasteiger partial charge on any atom is -0.481 e. The first-order chi connectivity index (χ1) is 12.7. The monoisotopic (exact) mass is 356 g/mol. The summed E-state index contributed by atoms with van der Waals surface area (Å²) in [6.07, 6.45) is 1.92. The molecular formula is C18H20N4O4. The van der Waals surface area contributed by atoms with Crippen molar-refractivity contribution in [3.8, 4) is 5.88 Å². The Morgan fingerprint density at radius 2 is 2.15 bits per heavy atom. The minimum absolute atomic E-state index is 0.241. The zero-order valence-corrected chi connectivity index (χ0v) is 14.7. The lowest BCUT2D eigenvalue weighted by Gasteiger charge is -2.28. The molecule has 26 heavy (non-hydrogen) atoms. The van der Waals surface area contributed by atoms with Crippen LogP contribution in [-0.4, -0.2) is 42.7 Å². The van der Waals surface area contributed by atoms with Crippen molar-refractivity contribution in [1.82, 2.24) is 9.97 Å². The number of carbonyl (C=O) groups is 1. The number of hydrogen-bond donors (Lipinski definition) is 1. The third-order valence-corrected chi connectivity index (χ3v) is 4.39. The van der Waals surface area contributed by atoms with E-state index in [1.54, 1.807) is 31.5 Å². The summed E-state index contributed by atoms with van der Waals surface area (Å²) < 4.78 is 16.9. The Balaban J connectivity index is 1.92. The zero-order valence-electron chi connectivity index (χ0n) is 14.7. The van der Waals surface area contributed by atoms with E-state index in [2.05, 4.69) is 15.3 Å². The Hall–Kier alpha value is -2.71. The average Bonchev–Trinajstić information content (AvgIpc) is 2.81. The van der Waals surface area contributed by atoms with Crippen LogP contribution in [0.15, 0.2) is 24.4 Å². The highest BCUT2D eigenvalue weighted by atomic mass is 16.7. The van der Waals surface area contributed by atoms with E-state index in [0.717, 1.165) is 6.42 Å². The Kier molecular flexibility index (Phi) is 4.44. The van der Waals surface area contributed by atoms with Gasteiger partial charge in [0.25, 0.3) is 5.91 Å². The number of nitrogens with one attached hydrogen (secondary N) is 1. The molecule has 0 bridgehead atoms. The smallest absolute Gasteiger partial charge is 0.259 e. The van der Waals surface area contributed by atoms with Gasteiger partial charge in [0, 0.05) is 24.4 Å². The fourth-order valence-electron chi connectivity index (χ4n) is 3.18. The number of pyridine rings is 2. The Labute approximate surface area is 151 Å². The summed E-state index contributed by atoms with van der Waals surface area (Å²) in [6, 6.07) is 5.23. The molecule has 0 atom stereocenters. The number of amides is 1. The number of hydrogen-bond acceptors (Lipinski definition) is 7. The van der Waals surface area contributed by atoms with E-state index in [0.29, 0.717) is 54.1 Å². The maximum atomic E-state index is 12.8. The van der Waals surface area contributed by atoms with Crippen LogP contribution < -0.4 is 15.0 Å². The summed E-state index contributed by atoms with van der Waals surface area (Å²) >= 11 is 0. The molecule has 4 heterocycles. The van der Waals surface area contributed by atoms with Gasteiger partial charge in [0.05, 0.1) is 31.6 Å². The summed E-state index contributed by atoms with van der Waals surface area (Å²) in [5, 5.41) is 2.96. The summed E-state index contributed by atoms with van der Waals surface area (Å²) in [7, 11) is 1.55. The molecule has 0 radical (unpaired) electrons. The molecule has 0 spiro atoms. The maximum Gasteiger partial charge on any atom is 0.259 e. The largest absolute Gasteiger partial charge is 0.481 e. The number of ether oxygens (including phenoxy) is 3. The van der Waals surface area contributed by atoms with E-state index < -0.39 is 6.29 Å². The van der Waals surface area contributed by atoms with Crippen molar-refractivity contribution in [3.05, 3.63) is 35.5 Å². The molecule has 8 heteroatoms. The van der Waals surface area contributed by atoms with Crippen molar-refractivity contribution in [2.45, 2.75) is 19.6 Å². The third-order valence-electron chi connectivity index (χ3n) is 4.39. The molecule has 0 aliphatic carbocycles. The average molecular weight is 356 g/mol. The van der Waals surface area contributed by atoms with Crippen molar-refractivity contribution in [1.29, 1.82) is 0 Å². The standard InChI is InChI=1S/C18H20N4O4/c1-3-22-15-11(6-4-7-19-15)17(23)21-14-12(18-25-8-5-9-26-18)10-13(24-2)20-16(14)22/h4,6-7,10,18H,3,5,8-9H2,1-2H3,(H,21,23). The van der Waals surface area contributed by atoms with Crippen LogP contribution in [0, 0.1) is 0 Å². The van der Waals surface area contributed by atoms with Crippen molar-refractivity contribution < 1.29 is 19.0 Å². The molecular weight excluding hydrogens is 336 g/mol. The van der Waals surface area contributed by atoms with Crippen LogP contribution in [0.5, 0.6) is 5.88 Å². The van der Waals surface area contributed by atoms with Gasteiger partial charge in [-0.25, -0.2) is 4.98 Å². The van der Waals surface area contributed by atoms with Gasteiger partial charge in [0.2, 0.25) is 5.88 Å². The van der Waals surface area contributed by atoms with E-state index in [1.165, 1.54) is 0 Å². The van der Waals surface area contributed by atoms with E-state index >= 15 is 0 Å². The number of aromatic nitrogens is 2. The van der Waals surface area contributed by atoms with Crippen molar-refractivity contribution in [2.24, 2.45) is 0 Å². The van der Waals surface area contributed by atoms with Crippen LogP contribution in [0.25, 0.3) is 0 Å². The van der Waals surface area contributed by atoms with E-state index in [1.807, 2.05) is 11.8 Å². The Morgan fingerprint density at radius 1 is 1.35 bits per heavy atom. The molecule has 2 aliphatic rings. The molecule has 1 N–H and O–H groups in total. The summed E-state index contributed by atoms with van der Waals surface area (Å²) in [5.74, 6) is 1.30. The first-order valence-corrected chi connectivity index (χ1v) is 8.59. The molecule has 1 saturated heterocycles. The molecule has 1 amide bonds. The van der Waals surface area contributed by atoms with E-state index in [9.17, 15) is 4.79 Å². The number of methoxy groups -OCH3 is 1. The van der Waals surface area contributed by atoms with Gasteiger partial charge in [-0.3, -0.25) is 4.79 Å². The fourth-order valence-corrected chi connectivity index (χ4v) is 3.18. The lowest BCUT2D eigenvalue weighted by molar-refractivity contribution is -0.182. The molecule has 0 saturated carbocycles. The fraction of sp³-hybridized carbons (Fsp3) is 0.389. The quantitative estimate of drug-likeness (QED) is 0.905. The first-order valence-electron chi connectivity index (χ1n) is 8.59. The van der Waals surface area contributed by atoms with Crippen molar-refractivity contribution >= 4 is 23.2 Å². The van der Waals surface area contributed by atoms with Gasteiger partial charge in [-0.2, -0.15) is 4.98 Å². The second-order valence-electron chi connectivity index (χ2n) is 5.95. The van der Waals surface area contributed by atoms with Gasteiger partial charge in [-0.15, -0.1) is 0 Å². The predicted octanol–water partition coefficient (Wildman–Crippen LogP) is 2.64. The van der Waals surface area contributed by atoms with Crippen LogP contribution >= 0.6 is 0 Å². The van der Waals surface area contributed by atoms with E-state index in [-0.39, 0.29) is 5.91 Å². The molecule has 2 aromatic rings. The number of carbonyl (C=O) groups excluding carboxylic acids is 1. The van der Waals surface area contributed by atoms with Crippen molar-refractivity contribution in [2.75, 3.05) is 37.1 Å². The molecule has 0 aromatic carbocycles. The molecule has 4 rings (SSSR count). The molecule has 0 unspecified atom stereocenters. The molecule has 2 aliphatic heterocycles. The number of fused-ring (bicyclic) bond motifs is 2. The van der Waals surface area contributed by atoms with Gasteiger partial charge in [-0.05, 0) is 25.5 Å². The SMILES string of the molecule is CCN1c2ncccc2C(=O)Nc2c(C3OCCCO3)cc(OC)nc21. The van der Waals surface area contributed by atoms with Gasteiger partial charge in [-0.1, -0.05) is 0 Å². The highest BCUT2D eigenvalue weighted by Gasteiger charge is 2.32. The third kappa shape index (κ3) is 2.77. The second-order valence-corrected chi connectivity index (χ2v) is 5.95. The topological polar surface area (TPSA) is 85.8 Å². The lowest BCUT2D eigenvalue weighted by atomic mass is 10.1. The van der Waals surface area contributed by atoms with Gasteiger partial charge in [0.15, 0.2) is 12.1 Å². The van der Waals surface area contributed by atoms with E-state index in [4.69, 9.17) is 14.2 Å². The van der Waals surface area contributed by atoms with Crippen LogP contribution in [0.4, 0.5) is 17.3 Å². The number of anilines is 3.